The highest BCUT2D eigenvalue weighted by Gasteiger charge is 2.36. The van der Waals surface area contributed by atoms with Gasteiger partial charge in [-0.2, -0.15) is 12.6 Å². The minimum Gasteiger partial charge on any atom is -0.340 e. The summed E-state index contributed by atoms with van der Waals surface area (Å²) in [4.78, 5) is 62.4. The van der Waals surface area contributed by atoms with Gasteiger partial charge in [0.15, 0.2) is 5.13 Å². The number of nitrogens with zero attached hydrogens (tertiary/aromatic N) is 3. The molecule has 4 aromatic rings. The Bertz CT molecular complexity index is 1720. The summed E-state index contributed by atoms with van der Waals surface area (Å²) in [7, 11) is 0. The lowest BCUT2D eigenvalue weighted by molar-refractivity contribution is -0.136. The van der Waals surface area contributed by atoms with E-state index in [1.54, 1.807) is 54.2 Å². The van der Waals surface area contributed by atoms with Gasteiger partial charge in [-0.1, -0.05) is 49.9 Å². The minimum atomic E-state index is -0.982. The largest absolute Gasteiger partial charge is 0.340 e. The van der Waals surface area contributed by atoms with Gasteiger partial charge in [0.2, 0.25) is 5.91 Å². The molecular weight excluding hydrogens is 621 g/mol. The Morgan fingerprint density at radius 2 is 1.78 bits per heavy atom. The molecule has 0 saturated heterocycles. The molecule has 1 aliphatic carbocycles. The molecule has 2 aromatic carbocycles. The van der Waals surface area contributed by atoms with E-state index in [1.165, 1.54) is 16.2 Å². The highest BCUT2D eigenvalue weighted by molar-refractivity contribution is 7.80. The summed E-state index contributed by atoms with van der Waals surface area (Å²) in [5, 5.41) is 10.5. The first-order valence-electron chi connectivity index (χ1n) is 14.9. The van der Waals surface area contributed by atoms with Gasteiger partial charge >= 0.3 is 0 Å². The van der Waals surface area contributed by atoms with E-state index in [0.29, 0.717) is 27.6 Å². The SMILES string of the molecule is C=C(C(=O)Nc1nc(-c2ccc(C(=O)Nc3cccnc3)cc2)cs1)N(CCS)C(=O)[C@H](NC(=O)C1CC1)c1ccc(CC)cc1. The van der Waals surface area contributed by atoms with E-state index in [9.17, 15) is 19.2 Å². The molecule has 4 amide bonds. The van der Waals surface area contributed by atoms with Crippen molar-refractivity contribution < 1.29 is 19.2 Å². The molecule has 2 heterocycles. The predicted molar refractivity (Wildman–Crippen MR) is 183 cm³/mol. The molecule has 236 valence electrons. The van der Waals surface area contributed by atoms with E-state index in [2.05, 4.69) is 45.1 Å². The summed E-state index contributed by atoms with van der Waals surface area (Å²) in [6.45, 7) is 6.07. The van der Waals surface area contributed by atoms with Crippen LogP contribution in [0.25, 0.3) is 11.3 Å². The van der Waals surface area contributed by atoms with Crippen molar-refractivity contribution in [2.75, 3.05) is 22.9 Å². The lowest BCUT2D eigenvalue weighted by Crippen LogP contribution is -2.45. The second kappa shape index (κ2) is 15.0. The van der Waals surface area contributed by atoms with Gasteiger partial charge in [0.25, 0.3) is 17.7 Å². The number of thiol groups is 1. The average Bonchev–Trinajstić information content (AvgIpc) is 3.84. The maximum atomic E-state index is 13.9. The monoisotopic (exact) mass is 654 g/mol. The molecule has 1 aliphatic rings. The predicted octanol–water partition coefficient (Wildman–Crippen LogP) is 5.50. The lowest BCUT2D eigenvalue weighted by Gasteiger charge is -2.28. The number of thiazole rings is 1. The molecule has 46 heavy (non-hydrogen) atoms. The van der Waals surface area contributed by atoms with Crippen molar-refractivity contribution in [2.45, 2.75) is 32.2 Å². The van der Waals surface area contributed by atoms with Crippen LogP contribution in [0.5, 0.6) is 0 Å². The summed E-state index contributed by atoms with van der Waals surface area (Å²) in [5.41, 5.74) is 4.06. The summed E-state index contributed by atoms with van der Waals surface area (Å²) >= 11 is 5.52. The third-order valence-electron chi connectivity index (χ3n) is 7.47. The number of nitrogens with one attached hydrogen (secondary N) is 3. The molecule has 1 atom stereocenters. The van der Waals surface area contributed by atoms with Crippen LogP contribution in [0.15, 0.2) is 90.7 Å². The number of rotatable bonds is 13. The summed E-state index contributed by atoms with van der Waals surface area (Å²) in [5.74, 6) is -1.36. The van der Waals surface area contributed by atoms with E-state index in [1.807, 2.05) is 31.2 Å². The van der Waals surface area contributed by atoms with Crippen molar-refractivity contribution in [3.63, 3.8) is 0 Å². The molecule has 0 aliphatic heterocycles. The minimum absolute atomic E-state index is 0.0874. The van der Waals surface area contributed by atoms with Gasteiger partial charge in [-0.05, 0) is 54.7 Å². The van der Waals surface area contributed by atoms with Crippen LogP contribution in [0.4, 0.5) is 10.8 Å². The van der Waals surface area contributed by atoms with Gasteiger partial charge < -0.3 is 15.5 Å². The molecule has 5 rings (SSSR count). The highest BCUT2D eigenvalue weighted by Crippen LogP contribution is 2.31. The second-order valence-electron chi connectivity index (χ2n) is 10.7. The van der Waals surface area contributed by atoms with Crippen LogP contribution >= 0.6 is 24.0 Å². The van der Waals surface area contributed by atoms with Gasteiger partial charge in [0.05, 0.1) is 17.6 Å². The van der Waals surface area contributed by atoms with Gasteiger partial charge in [-0.25, -0.2) is 4.98 Å². The topological polar surface area (TPSA) is 133 Å². The fraction of sp³-hybridized carbons (Fsp3) is 0.235. The first-order chi connectivity index (χ1) is 22.3. The summed E-state index contributed by atoms with van der Waals surface area (Å²) < 4.78 is 0. The smallest absolute Gasteiger partial charge is 0.273 e. The number of hydrogen-bond acceptors (Lipinski definition) is 8. The van der Waals surface area contributed by atoms with Crippen LogP contribution in [0, 0.1) is 5.92 Å². The van der Waals surface area contributed by atoms with Crippen molar-refractivity contribution in [3.05, 3.63) is 107 Å². The molecule has 1 fully saturated rings. The first-order valence-corrected chi connectivity index (χ1v) is 16.4. The van der Waals surface area contributed by atoms with Crippen molar-refractivity contribution in [1.29, 1.82) is 0 Å². The van der Waals surface area contributed by atoms with Crippen molar-refractivity contribution in [1.82, 2.24) is 20.2 Å². The lowest BCUT2D eigenvalue weighted by atomic mass is 10.0. The van der Waals surface area contributed by atoms with Crippen LogP contribution in [-0.2, 0) is 20.8 Å². The zero-order valence-corrected chi connectivity index (χ0v) is 26.9. The van der Waals surface area contributed by atoms with Crippen LogP contribution in [0.2, 0.25) is 0 Å². The Balaban J connectivity index is 1.26. The quantitative estimate of drug-likeness (QED) is 0.111. The standard InChI is InChI=1S/C34H34N6O4S2/c1-3-22-6-8-24(9-7-22)29(38-32(43)26-14-15-26)33(44)40(17-18-45)21(2)30(41)39-34-37-28(20-46-34)23-10-12-25(13-11-23)31(42)36-27-5-4-16-35-19-27/h4-13,16,19-20,26,29,45H,2-3,14-15,17-18H2,1H3,(H,36,42)(H,38,43)(H,37,39,41)/t29-/m1/s1. The number of pyridine rings is 1. The normalized spacial score (nSPS) is 12.9. The Hall–Kier alpha value is -4.81. The molecule has 0 spiro atoms. The van der Waals surface area contributed by atoms with Crippen LogP contribution in [-0.4, -0.2) is 50.8 Å². The molecule has 0 bridgehead atoms. The highest BCUT2D eigenvalue weighted by atomic mass is 32.1. The van der Waals surface area contributed by atoms with E-state index < -0.39 is 17.9 Å². The molecule has 10 nitrogen and oxygen atoms in total. The fourth-order valence-corrected chi connectivity index (χ4v) is 5.58. The van der Waals surface area contributed by atoms with Crippen molar-refractivity contribution in [3.8, 4) is 11.3 Å². The Morgan fingerprint density at radius 1 is 1.04 bits per heavy atom. The summed E-state index contributed by atoms with van der Waals surface area (Å²) in [6, 6.07) is 16.9. The summed E-state index contributed by atoms with van der Waals surface area (Å²) in [6.07, 6.45) is 5.61. The molecule has 0 radical (unpaired) electrons. The zero-order valence-electron chi connectivity index (χ0n) is 25.2. The molecule has 2 aromatic heterocycles. The number of carbonyl (C=O) groups excluding carboxylic acids is 4. The van der Waals surface area contributed by atoms with E-state index >= 15 is 0 Å². The number of amides is 4. The van der Waals surface area contributed by atoms with Gasteiger partial charge in [0.1, 0.15) is 11.7 Å². The Labute approximate surface area is 276 Å². The first kappa shape index (κ1) is 32.6. The van der Waals surface area contributed by atoms with Gasteiger partial charge in [-0.15, -0.1) is 11.3 Å². The maximum Gasteiger partial charge on any atom is 0.273 e. The van der Waals surface area contributed by atoms with Gasteiger partial charge in [-0.3, -0.25) is 29.5 Å². The third kappa shape index (κ3) is 8.06. The van der Waals surface area contributed by atoms with Crippen molar-refractivity contribution in [2.24, 2.45) is 5.92 Å². The number of carbonyl (C=O) groups is 4. The molecule has 3 N–H and O–H groups in total. The number of aromatic nitrogens is 2. The Kier molecular flexibility index (Phi) is 10.6. The van der Waals surface area contributed by atoms with E-state index in [-0.39, 0.29) is 35.7 Å². The molecule has 0 unspecified atom stereocenters. The maximum absolute atomic E-state index is 13.9. The van der Waals surface area contributed by atoms with Crippen LogP contribution in [0.1, 0.15) is 47.3 Å². The molecular formula is C34H34N6O4S2. The van der Waals surface area contributed by atoms with E-state index in [4.69, 9.17) is 0 Å². The second-order valence-corrected chi connectivity index (χ2v) is 12.0. The number of benzene rings is 2. The Morgan fingerprint density at radius 3 is 2.41 bits per heavy atom. The zero-order chi connectivity index (χ0) is 32.6. The van der Waals surface area contributed by atoms with Gasteiger partial charge in [0, 0.05) is 40.9 Å². The van der Waals surface area contributed by atoms with E-state index in [0.717, 1.165) is 30.4 Å². The number of anilines is 2. The molecule has 12 heteroatoms. The van der Waals surface area contributed by atoms with Crippen molar-refractivity contribution >= 4 is 58.4 Å². The third-order valence-corrected chi connectivity index (χ3v) is 8.43. The number of hydrogen-bond donors (Lipinski definition) is 4. The van der Waals surface area contributed by atoms with Crippen LogP contribution in [0.3, 0.4) is 0 Å². The van der Waals surface area contributed by atoms with Crippen LogP contribution < -0.4 is 16.0 Å². The fourth-order valence-electron chi connectivity index (χ4n) is 4.66. The number of aryl methyl sites for hydroxylation is 1. The molecule has 1 saturated carbocycles. The average molecular weight is 655 g/mol.